The SMILES string of the molecule is CCn1c(S[C@@H](C)C(=O)N2CCCCC2)nc2sc(C)c(C)c2c1=O. The van der Waals surface area contributed by atoms with Gasteiger partial charge in [-0.05, 0) is 52.5 Å². The Labute approximate surface area is 156 Å². The van der Waals surface area contributed by atoms with Crippen LogP contribution in [0.15, 0.2) is 9.95 Å². The lowest BCUT2D eigenvalue weighted by Crippen LogP contribution is -2.40. The second-order valence-electron chi connectivity index (χ2n) is 6.55. The molecule has 1 fully saturated rings. The van der Waals surface area contributed by atoms with E-state index in [0.717, 1.165) is 46.6 Å². The van der Waals surface area contributed by atoms with Crippen molar-refractivity contribution in [3.63, 3.8) is 0 Å². The van der Waals surface area contributed by atoms with Crippen molar-refractivity contribution in [1.82, 2.24) is 14.5 Å². The smallest absolute Gasteiger partial charge is 0.263 e. The molecular weight excluding hydrogens is 354 g/mol. The highest BCUT2D eigenvalue weighted by Gasteiger charge is 2.25. The van der Waals surface area contributed by atoms with Crippen LogP contribution in [0.1, 0.15) is 43.6 Å². The number of amides is 1. The van der Waals surface area contributed by atoms with Crippen molar-refractivity contribution >= 4 is 39.2 Å². The molecule has 0 spiro atoms. The zero-order chi connectivity index (χ0) is 18.1. The summed E-state index contributed by atoms with van der Waals surface area (Å²) >= 11 is 2.96. The third-order valence-electron chi connectivity index (χ3n) is 4.87. The van der Waals surface area contributed by atoms with Crippen LogP contribution in [0.2, 0.25) is 0 Å². The number of hydrogen-bond donors (Lipinski definition) is 0. The lowest BCUT2D eigenvalue weighted by molar-refractivity contribution is -0.131. The standard InChI is InChI=1S/C18H25N3O2S2/c1-5-21-17(23)14-11(2)12(3)24-15(14)19-18(21)25-13(4)16(22)20-9-7-6-8-10-20/h13H,5-10H2,1-4H3/t13-/m0/s1. The van der Waals surface area contributed by atoms with Crippen LogP contribution in [0.25, 0.3) is 10.2 Å². The molecule has 0 aliphatic carbocycles. The Morgan fingerprint density at radius 2 is 1.96 bits per heavy atom. The summed E-state index contributed by atoms with van der Waals surface area (Å²) in [5.74, 6) is 0.153. The molecule has 0 bridgehead atoms. The molecule has 0 aromatic carbocycles. The summed E-state index contributed by atoms with van der Waals surface area (Å²) in [6.07, 6.45) is 3.37. The molecular formula is C18H25N3O2S2. The van der Waals surface area contributed by atoms with Gasteiger partial charge in [-0.25, -0.2) is 4.98 Å². The normalized spacial score (nSPS) is 16.4. The molecule has 0 radical (unpaired) electrons. The number of thioether (sulfide) groups is 1. The minimum atomic E-state index is -0.234. The van der Waals surface area contributed by atoms with Crippen LogP contribution in [-0.2, 0) is 11.3 Å². The van der Waals surface area contributed by atoms with Gasteiger partial charge in [0.2, 0.25) is 5.91 Å². The molecule has 0 saturated carbocycles. The van der Waals surface area contributed by atoms with Crippen LogP contribution >= 0.6 is 23.1 Å². The van der Waals surface area contributed by atoms with E-state index in [1.54, 1.807) is 15.9 Å². The van der Waals surface area contributed by atoms with Crippen LogP contribution in [0.4, 0.5) is 0 Å². The van der Waals surface area contributed by atoms with E-state index < -0.39 is 0 Å². The van der Waals surface area contributed by atoms with Gasteiger partial charge in [-0.2, -0.15) is 0 Å². The highest BCUT2D eigenvalue weighted by atomic mass is 32.2. The lowest BCUT2D eigenvalue weighted by atomic mass is 10.1. The maximum absolute atomic E-state index is 12.9. The van der Waals surface area contributed by atoms with E-state index in [1.807, 2.05) is 32.6 Å². The molecule has 0 unspecified atom stereocenters. The first-order chi connectivity index (χ1) is 11.9. The second kappa shape index (κ2) is 7.50. The number of nitrogens with zero attached hydrogens (tertiary/aromatic N) is 3. The van der Waals surface area contributed by atoms with Gasteiger partial charge in [-0.15, -0.1) is 11.3 Å². The Hall–Kier alpha value is -1.34. The minimum absolute atomic E-state index is 0.00877. The number of fused-ring (bicyclic) bond motifs is 1. The zero-order valence-electron chi connectivity index (χ0n) is 15.3. The lowest BCUT2D eigenvalue weighted by Gasteiger charge is -2.29. The second-order valence-corrected chi connectivity index (χ2v) is 9.06. The van der Waals surface area contributed by atoms with E-state index in [-0.39, 0.29) is 16.7 Å². The fourth-order valence-electron chi connectivity index (χ4n) is 3.26. The van der Waals surface area contributed by atoms with Crippen molar-refractivity contribution in [2.45, 2.75) is 63.9 Å². The largest absolute Gasteiger partial charge is 0.342 e. The average molecular weight is 380 g/mol. The quantitative estimate of drug-likeness (QED) is 0.602. The number of rotatable bonds is 4. The van der Waals surface area contributed by atoms with Gasteiger partial charge in [-0.3, -0.25) is 14.2 Å². The molecule has 1 saturated heterocycles. The summed E-state index contributed by atoms with van der Waals surface area (Å²) in [5.41, 5.74) is 1.03. The Balaban J connectivity index is 1.92. The molecule has 2 aromatic heterocycles. The maximum atomic E-state index is 12.9. The van der Waals surface area contributed by atoms with Crippen molar-refractivity contribution in [1.29, 1.82) is 0 Å². The molecule has 25 heavy (non-hydrogen) atoms. The van der Waals surface area contributed by atoms with Gasteiger partial charge in [0.1, 0.15) is 4.83 Å². The van der Waals surface area contributed by atoms with Gasteiger partial charge in [-0.1, -0.05) is 11.8 Å². The molecule has 1 aliphatic heterocycles. The van der Waals surface area contributed by atoms with E-state index in [1.165, 1.54) is 18.2 Å². The molecule has 3 heterocycles. The van der Waals surface area contributed by atoms with E-state index in [0.29, 0.717) is 11.7 Å². The van der Waals surface area contributed by atoms with Crippen LogP contribution in [-0.4, -0.2) is 38.7 Å². The molecule has 0 N–H and O–H groups in total. The van der Waals surface area contributed by atoms with Gasteiger partial charge in [0.25, 0.3) is 5.56 Å². The number of thiophene rings is 1. The van der Waals surface area contributed by atoms with Crippen molar-refractivity contribution in [3.8, 4) is 0 Å². The number of piperidine rings is 1. The molecule has 7 heteroatoms. The molecule has 5 nitrogen and oxygen atoms in total. The first kappa shape index (κ1) is 18.5. The van der Waals surface area contributed by atoms with Crippen LogP contribution < -0.4 is 5.56 Å². The number of carbonyl (C=O) groups is 1. The van der Waals surface area contributed by atoms with Crippen molar-refractivity contribution in [2.24, 2.45) is 0 Å². The molecule has 1 atom stereocenters. The number of hydrogen-bond acceptors (Lipinski definition) is 5. The van der Waals surface area contributed by atoms with Gasteiger partial charge >= 0.3 is 0 Å². The van der Waals surface area contributed by atoms with Gasteiger partial charge < -0.3 is 4.90 Å². The summed E-state index contributed by atoms with van der Waals surface area (Å²) in [5, 5.41) is 1.14. The molecule has 3 rings (SSSR count). The van der Waals surface area contributed by atoms with E-state index >= 15 is 0 Å². The summed E-state index contributed by atoms with van der Waals surface area (Å²) in [6, 6.07) is 0. The highest BCUT2D eigenvalue weighted by molar-refractivity contribution is 8.00. The van der Waals surface area contributed by atoms with Gasteiger partial charge in [0, 0.05) is 24.5 Å². The number of aromatic nitrogens is 2. The Kier molecular flexibility index (Phi) is 5.53. The van der Waals surface area contributed by atoms with Crippen LogP contribution in [0.5, 0.6) is 0 Å². The maximum Gasteiger partial charge on any atom is 0.263 e. The van der Waals surface area contributed by atoms with Gasteiger partial charge in [0.15, 0.2) is 5.16 Å². The Morgan fingerprint density at radius 3 is 2.60 bits per heavy atom. The zero-order valence-corrected chi connectivity index (χ0v) is 16.9. The summed E-state index contributed by atoms with van der Waals surface area (Å²) in [6.45, 7) is 10.1. The number of aryl methyl sites for hydroxylation is 2. The molecule has 136 valence electrons. The Bertz CT molecular complexity index is 850. The van der Waals surface area contributed by atoms with E-state index in [4.69, 9.17) is 4.98 Å². The van der Waals surface area contributed by atoms with Crippen LogP contribution in [0, 0.1) is 13.8 Å². The summed E-state index contributed by atoms with van der Waals surface area (Å²) < 4.78 is 1.70. The Morgan fingerprint density at radius 1 is 1.28 bits per heavy atom. The fraction of sp³-hybridized carbons (Fsp3) is 0.611. The summed E-state index contributed by atoms with van der Waals surface area (Å²) in [4.78, 5) is 34.2. The number of carbonyl (C=O) groups excluding carboxylic acids is 1. The van der Waals surface area contributed by atoms with Crippen LogP contribution in [0.3, 0.4) is 0 Å². The molecule has 1 aliphatic rings. The van der Waals surface area contributed by atoms with Crippen molar-refractivity contribution in [3.05, 3.63) is 20.8 Å². The number of likely N-dealkylation sites (tertiary alicyclic amines) is 1. The van der Waals surface area contributed by atoms with E-state index in [9.17, 15) is 9.59 Å². The predicted octanol–water partition coefficient (Wildman–Crippen LogP) is 3.59. The van der Waals surface area contributed by atoms with Gasteiger partial charge in [0.05, 0.1) is 10.6 Å². The topological polar surface area (TPSA) is 55.2 Å². The van der Waals surface area contributed by atoms with E-state index in [2.05, 4.69) is 0 Å². The van der Waals surface area contributed by atoms with Crippen molar-refractivity contribution in [2.75, 3.05) is 13.1 Å². The predicted molar refractivity (Wildman–Crippen MR) is 105 cm³/mol. The molecule has 2 aromatic rings. The third kappa shape index (κ3) is 3.49. The monoisotopic (exact) mass is 379 g/mol. The highest BCUT2D eigenvalue weighted by Crippen LogP contribution is 2.30. The van der Waals surface area contributed by atoms with Crippen molar-refractivity contribution < 1.29 is 4.79 Å². The third-order valence-corrected chi connectivity index (χ3v) is 7.05. The first-order valence-corrected chi connectivity index (χ1v) is 10.6. The molecule has 1 amide bonds. The fourth-order valence-corrected chi connectivity index (χ4v) is 5.38. The minimum Gasteiger partial charge on any atom is -0.342 e. The average Bonchev–Trinajstić information content (AvgIpc) is 2.89. The summed E-state index contributed by atoms with van der Waals surface area (Å²) in [7, 11) is 0. The first-order valence-electron chi connectivity index (χ1n) is 8.90.